The quantitative estimate of drug-likeness (QED) is 0.560. The van der Waals surface area contributed by atoms with Gasteiger partial charge in [-0.2, -0.15) is 5.26 Å². The molecule has 0 unspecified atom stereocenters. The molecule has 2 rings (SSSR count). The van der Waals surface area contributed by atoms with Gasteiger partial charge in [-0.25, -0.2) is 4.98 Å². The van der Waals surface area contributed by atoms with E-state index in [9.17, 15) is 10.1 Å². The molecule has 0 fully saturated rings. The Hall–Kier alpha value is -2.19. The number of rotatable bonds is 1. The molecule has 0 radical (unpaired) electrons. The van der Waals surface area contributed by atoms with Gasteiger partial charge in [0.25, 0.3) is 5.69 Å². The average Bonchev–Trinajstić information content (AvgIpc) is 2.27. The third-order valence-electron chi connectivity index (χ3n) is 2.13. The number of hydrogen-bond donors (Lipinski definition) is 0. The minimum atomic E-state index is -0.532. The van der Waals surface area contributed by atoms with Crippen molar-refractivity contribution in [2.24, 2.45) is 0 Å². The van der Waals surface area contributed by atoms with Crippen LogP contribution in [0.4, 0.5) is 5.69 Å². The zero-order valence-corrected chi connectivity index (χ0v) is 8.60. The number of benzene rings is 1. The van der Waals surface area contributed by atoms with E-state index in [1.165, 1.54) is 24.4 Å². The van der Waals surface area contributed by atoms with Gasteiger partial charge in [-0.1, -0.05) is 11.6 Å². The normalized spacial score (nSPS) is 10.0. The first kappa shape index (κ1) is 10.3. The van der Waals surface area contributed by atoms with Crippen molar-refractivity contribution in [3.63, 3.8) is 0 Å². The lowest BCUT2D eigenvalue weighted by molar-refractivity contribution is -0.383. The highest BCUT2D eigenvalue weighted by Gasteiger charge is 2.15. The fourth-order valence-corrected chi connectivity index (χ4v) is 1.68. The summed E-state index contributed by atoms with van der Waals surface area (Å²) >= 11 is 5.76. The number of nitro groups is 1. The number of hydrogen-bond acceptors (Lipinski definition) is 4. The minimum absolute atomic E-state index is 0.124. The van der Waals surface area contributed by atoms with E-state index in [0.717, 1.165) is 0 Å². The van der Waals surface area contributed by atoms with E-state index in [-0.39, 0.29) is 16.4 Å². The average molecular weight is 234 g/mol. The lowest BCUT2D eigenvalue weighted by atomic mass is 10.1. The summed E-state index contributed by atoms with van der Waals surface area (Å²) in [7, 11) is 0. The van der Waals surface area contributed by atoms with Crippen molar-refractivity contribution in [2.45, 2.75) is 0 Å². The van der Waals surface area contributed by atoms with Crippen LogP contribution in [0.5, 0.6) is 0 Å². The predicted octanol–water partition coefficient (Wildman–Crippen LogP) is 2.67. The maximum Gasteiger partial charge on any atom is 0.278 e. The highest BCUT2D eigenvalue weighted by Crippen LogP contribution is 2.30. The van der Waals surface area contributed by atoms with Crippen molar-refractivity contribution < 1.29 is 4.92 Å². The molecule has 1 aromatic carbocycles. The monoisotopic (exact) mass is 233 g/mol. The second-order valence-corrected chi connectivity index (χ2v) is 3.48. The Morgan fingerprint density at radius 1 is 1.44 bits per heavy atom. The van der Waals surface area contributed by atoms with Crippen LogP contribution in [-0.2, 0) is 0 Å². The van der Waals surface area contributed by atoms with Crippen LogP contribution in [0.1, 0.15) is 5.69 Å². The summed E-state index contributed by atoms with van der Waals surface area (Å²) in [6, 6.07) is 6.11. The molecule has 78 valence electrons. The standard InChI is InChI=1S/C10H4ClN3O2/c11-6-3-8-7(10(4-6)14(15)16)1-2-13-9(8)5-12/h1-4H. The van der Waals surface area contributed by atoms with Crippen LogP contribution < -0.4 is 0 Å². The van der Waals surface area contributed by atoms with Crippen molar-refractivity contribution in [1.29, 1.82) is 5.26 Å². The van der Waals surface area contributed by atoms with Crippen LogP contribution in [0, 0.1) is 21.4 Å². The number of nitrogens with zero attached hydrogens (tertiary/aromatic N) is 3. The molecule has 16 heavy (non-hydrogen) atoms. The van der Waals surface area contributed by atoms with Crippen LogP contribution in [-0.4, -0.2) is 9.91 Å². The lowest BCUT2D eigenvalue weighted by Crippen LogP contribution is -1.92. The van der Waals surface area contributed by atoms with Crippen molar-refractivity contribution >= 4 is 28.1 Å². The number of aromatic nitrogens is 1. The third-order valence-corrected chi connectivity index (χ3v) is 2.34. The SMILES string of the molecule is N#Cc1nccc2c([N+](=O)[O-])cc(Cl)cc12. The largest absolute Gasteiger partial charge is 0.278 e. The highest BCUT2D eigenvalue weighted by atomic mass is 35.5. The second-order valence-electron chi connectivity index (χ2n) is 3.05. The zero-order chi connectivity index (χ0) is 11.7. The van der Waals surface area contributed by atoms with Crippen LogP contribution in [0.15, 0.2) is 24.4 Å². The first-order valence-corrected chi connectivity index (χ1v) is 4.64. The summed E-state index contributed by atoms with van der Waals surface area (Å²) in [6.07, 6.45) is 1.36. The Morgan fingerprint density at radius 2 is 2.19 bits per heavy atom. The maximum absolute atomic E-state index is 10.8. The molecule has 1 heterocycles. The van der Waals surface area contributed by atoms with Gasteiger partial charge in [-0.05, 0) is 12.1 Å². The molecule has 0 N–H and O–H groups in total. The van der Waals surface area contributed by atoms with E-state index >= 15 is 0 Å². The van der Waals surface area contributed by atoms with Crippen LogP contribution in [0.25, 0.3) is 10.8 Å². The Bertz CT molecular complexity index is 634. The van der Waals surface area contributed by atoms with Crippen molar-refractivity contribution in [2.75, 3.05) is 0 Å². The molecular weight excluding hydrogens is 230 g/mol. The predicted molar refractivity (Wildman–Crippen MR) is 58.1 cm³/mol. The molecule has 0 atom stereocenters. The van der Waals surface area contributed by atoms with E-state index in [0.29, 0.717) is 10.8 Å². The number of nitro benzene ring substituents is 1. The topological polar surface area (TPSA) is 79.8 Å². The summed E-state index contributed by atoms with van der Waals surface area (Å²) in [5, 5.41) is 20.6. The summed E-state index contributed by atoms with van der Waals surface area (Å²) in [4.78, 5) is 14.1. The molecule has 0 aliphatic heterocycles. The molecule has 6 heteroatoms. The summed E-state index contributed by atoms with van der Waals surface area (Å²) in [5.41, 5.74) is 0.00417. The van der Waals surface area contributed by atoms with Gasteiger partial charge in [-0.3, -0.25) is 10.1 Å². The van der Waals surface area contributed by atoms with Crippen molar-refractivity contribution in [3.8, 4) is 6.07 Å². The van der Waals surface area contributed by atoms with Crippen molar-refractivity contribution in [1.82, 2.24) is 4.98 Å². The number of non-ortho nitro benzene ring substituents is 1. The van der Waals surface area contributed by atoms with E-state index in [4.69, 9.17) is 16.9 Å². The molecule has 1 aromatic heterocycles. The second kappa shape index (κ2) is 3.76. The van der Waals surface area contributed by atoms with Gasteiger partial charge in [0.05, 0.1) is 10.3 Å². The maximum atomic E-state index is 10.8. The molecule has 2 aromatic rings. The Balaban J connectivity index is 2.95. The van der Waals surface area contributed by atoms with Crippen molar-refractivity contribution in [3.05, 3.63) is 45.2 Å². The van der Waals surface area contributed by atoms with Gasteiger partial charge in [0, 0.05) is 22.7 Å². The number of halogens is 1. The number of pyridine rings is 1. The highest BCUT2D eigenvalue weighted by molar-refractivity contribution is 6.31. The van der Waals surface area contributed by atoms with E-state index in [1.54, 1.807) is 0 Å². The Kier molecular flexibility index (Phi) is 2.43. The molecule has 0 bridgehead atoms. The molecule has 0 saturated carbocycles. The van der Waals surface area contributed by atoms with Gasteiger partial charge >= 0.3 is 0 Å². The first-order chi connectivity index (χ1) is 7.63. The first-order valence-electron chi connectivity index (χ1n) is 4.26. The minimum Gasteiger partial charge on any atom is -0.258 e. The summed E-state index contributed by atoms with van der Waals surface area (Å²) in [5.74, 6) is 0. The molecular formula is C10H4ClN3O2. The smallest absolute Gasteiger partial charge is 0.258 e. The Morgan fingerprint density at radius 3 is 2.81 bits per heavy atom. The molecule has 0 aliphatic rings. The molecule has 0 aliphatic carbocycles. The van der Waals surface area contributed by atoms with Crippen LogP contribution in [0.2, 0.25) is 5.02 Å². The fourth-order valence-electron chi connectivity index (χ4n) is 1.47. The fraction of sp³-hybridized carbons (Fsp3) is 0. The Labute approximate surface area is 95.0 Å². The van der Waals surface area contributed by atoms with E-state index in [2.05, 4.69) is 4.98 Å². The van der Waals surface area contributed by atoms with Gasteiger partial charge in [0.1, 0.15) is 11.8 Å². The zero-order valence-electron chi connectivity index (χ0n) is 7.85. The van der Waals surface area contributed by atoms with E-state index < -0.39 is 4.92 Å². The summed E-state index contributed by atoms with van der Waals surface area (Å²) in [6.45, 7) is 0. The molecule has 0 amide bonds. The molecule has 5 nitrogen and oxygen atoms in total. The molecule has 0 saturated heterocycles. The molecule has 0 spiro atoms. The number of fused-ring (bicyclic) bond motifs is 1. The lowest BCUT2D eigenvalue weighted by Gasteiger charge is -2.01. The third kappa shape index (κ3) is 1.55. The van der Waals surface area contributed by atoms with Gasteiger partial charge in [0.15, 0.2) is 0 Å². The number of nitriles is 1. The van der Waals surface area contributed by atoms with Crippen LogP contribution in [0.3, 0.4) is 0 Å². The van der Waals surface area contributed by atoms with Crippen LogP contribution >= 0.6 is 11.6 Å². The van der Waals surface area contributed by atoms with E-state index in [1.807, 2.05) is 6.07 Å². The summed E-state index contributed by atoms with van der Waals surface area (Å²) < 4.78 is 0. The van der Waals surface area contributed by atoms with Gasteiger partial charge in [0.2, 0.25) is 0 Å². The van der Waals surface area contributed by atoms with Gasteiger partial charge < -0.3 is 0 Å². The van der Waals surface area contributed by atoms with Gasteiger partial charge in [-0.15, -0.1) is 0 Å².